The highest BCUT2D eigenvalue weighted by Crippen LogP contribution is 2.31. The maximum absolute atomic E-state index is 5.98. The van der Waals surface area contributed by atoms with E-state index in [2.05, 4.69) is 33.9 Å². The van der Waals surface area contributed by atoms with Crippen LogP contribution in [0.4, 0.5) is 0 Å². The fraction of sp³-hybridized carbons (Fsp3) is 0.250. The Hall–Kier alpha value is -2.59. The van der Waals surface area contributed by atoms with Gasteiger partial charge in [0.2, 0.25) is 0 Å². The number of aromatic nitrogens is 2. The predicted octanol–water partition coefficient (Wildman–Crippen LogP) is 3.69. The Kier molecular flexibility index (Phi) is 4.96. The molecule has 0 amide bonds. The summed E-state index contributed by atoms with van der Waals surface area (Å²) in [6, 6.07) is 18.3. The molecule has 2 aromatic carbocycles. The first-order chi connectivity index (χ1) is 11.6. The molecule has 1 heterocycles. The van der Waals surface area contributed by atoms with E-state index in [0.717, 1.165) is 34.9 Å². The number of nitrogens with zero attached hydrogens (tertiary/aromatic N) is 3. The highest BCUT2D eigenvalue weighted by atomic mass is 16.5. The van der Waals surface area contributed by atoms with Gasteiger partial charge in [-0.05, 0) is 26.2 Å². The van der Waals surface area contributed by atoms with Gasteiger partial charge < -0.3 is 14.2 Å². The first-order valence-corrected chi connectivity index (χ1v) is 8.11. The van der Waals surface area contributed by atoms with Gasteiger partial charge >= 0.3 is 0 Å². The standard InChI is InChI=1S/C20H23N3O/c1-22(2)13-14-24-19-12-8-7-11-17(19)20-21-18(15-23(20)3)16-9-5-4-6-10-16/h4-12,15H,13-14H2,1-3H3. The number of hydrogen-bond donors (Lipinski definition) is 0. The molecule has 0 fully saturated rings. The van der Waals surface area contributed by atoms with Crippen LogP contribution in [0.25, 0.3) is 22.6 Å². The number of likely N-dealkylation sites (N-methyl/N-ethyl adjacent to an activating group) is 1. The third-order valence-corrected chi connectivity index (χ3v) is 3.87. The van der Waals surface area contributed by atoms with Crippen LogP contribution in [0.2, 0.25) is 0 Å². The van der Waals surface area contributed by atoms with Crippen LogP contribution in [-0.2, 0) is 7.05 Å². The monoisotopic (exact) mass is 321 g/mol. The summed E-state index contributed by atoms with van der Waals surface area (Å²) in [6.45, 7) is 1.53. The Morgan fingerprint density at radius 1 is 1.00 bits per heavy atom. The van der Waals surface area contributed by atoms with Gasteiger partial charge in [-0.3, -0.25) is 0 Å². The molecule has 124 valence electrons. The van der Waals surface area contributed by atoms with Crippen molar-refractivity contribution in [3.8, 4) is 28.4 Å². The molecule has 0 saturated carbocycles. The average molecular weight is 321 g/mol. The Morgan fingerprint density at radius 3 is 2.46 bits per heavy atom. The normalized spacial score (nSPS) is 11.0. The Bertz CT molecular complexity index is 794. The molecule has 0 atom stereocenters. The highest BCUT2D eigenvalue weighted by Gasteiger charge is 2.13. The number of para-hydroxylation sites is 1. The minimum atomic E-state index is 0.653. The van der Waals surface area contributed by atoms with Gasteiger partial charge in [0.15, 0.2) is 0 Å². The van der Waals surface area contributed by atoms with Gasteiger partial charge in [-0.2, -0.15) is 0 Å². The second-order valence-electron chi connectivity index (χ2n) is 6.07. The van der Waals surface area contributed by atoms with Gasteiger partial charge in [0.25, 0.3) is 0 Å². The summed E-state index contributed by atoms with van der Waals surface area (Å²) in [4.78, 5) is 6.93. The SMILES string of the molecule is CN(C)CCOc1ccccc1-c1nc(-c2ccccc2)cn1C. The third-order valence-electron chi connectivity index (χ3n) is 3.87. The summed E-state index contributed by atoms with van der Waals surface area (Å²) >= 11 is 0. The van der Waals surface area contributed by atoms with Crippen molar-refractivity contribution in [2.45, 2.75) is 0 Å². The van der Waals surface area contributed by atoms with Crippen LogP contribution in [0, 0.1) is 0 Å². The summed E-state index contributed by atoms with van der Waals surface area (Å²) < 4.78 is 8.03. The van der Waals surface area contributed by atoms with E-state index in [0.29, 0.717) is 6.61 Å². The molecule has 4 heteroatoms. The zero-order chi connectivity index (χ0) is 16.9. The topological polar surface area (TPSA) is 30.3 Å². The maximum Gasteiger partial charge on any atom is 0.144 e. The zero-order valence-corrected chi connectivity index (χ0v) is 14.4. The number of benzene rings is 2. The van der Waals surface area contributed by atoms with Gasteiger partial charge in [0, 0.05) is 25.4 Å². The molecule has 3 aromatic rings. The van der Waals surface area contributed by atoms with Crippen LogP contribution < -0.4 is 4.74 Å². The van der Waals surface area contributed by atoms with Gasteiger partial charge in [-0.25, -0.2) is 4.98 Å². The quantitative estimate of drug-likeness (QED) is 0.693. The van der Waals surface area contributed by atoms with Crippen LogP contribution in [0.15, 0.2) is 60.8 Å². The minimum Gasteiger partial charge on any atom is -0.491 e. The van der Waals surface area contributed by atoms with Crippen molar-refractivity contribution >= 4 is 0 Å². The molecule has 3 rings (SSSR count). The van der Waals surface area contributed by atoms with Gasteiger partial charge in [0.1, 0.15) is 18.2 Å². The van der Waals surface area contributed by atoms with Crippen molar-refractivity contribution in [3.63, 3.8) is 0 Å². The number of rotatable bonds is 6. The average Bonchev–Trinajstić information content (AvgIpc) is 2.97. The number of ether oxygens (including phenoxy) is 1. The lowest BCUT2D eigenvalue weighted by molar-refractivity contribution is 0.262. The lowest BCUT2D eigenvalue weighted by atomic mass is 10.2. The van der Waals surface area contributed by atoms with Crippen molar-refractivity contribution in [3.05, 3.63) is 60.8 Å². The van der Waals surface area contributed by atoms with Crippen molar-refractivity contribution in [2.24, 2.45) is 7.05 Å². The van der Waals surface area contributed by atoms with Crippen molar-refractivity contribution in [1.29, 1.82) is 0 Å². The zero-order valence-electron chi connectivity index (χ0n) is 14.4. The van der Waals surface area contributed by atoms with Crippen molar-refractivity contribution < 1.29 is 4.74 Å². The van der Waals surface area contributed by atoms with E-state index in [-0.39, 0.29) is 0 Å². The van der Waals surface area contributed by atoms with E-state index < -0.39 is 0 Å². The second-order valence-corrected chi connectivity index (χ2v) is 6.07. The van der Waals surface area contributed by atoms with Crippen LogP contribution in [-0.4, -0.2) is 41.7 Å². The molecule has 1 aromatic heterocycles. The van der Waals surface area contributed by atoms with E-state index in [4.69, 9.17) is 9.72 Å². The molecule has 0 spiro atoms. The molecule has 0 bridgehead atoms. The molecule has 4 nitrogen and oxygen atoms in total. The minimum absolute atomic E-state index is 0.653. The summed E-state index contributed by atoms with van der Waals surface area (Å²) in [7, 11) is 6.10. The molecule has 0 aliphatic heterocycles. The van der Waals surface area contributed by atoms with E-state index in [1.165, 1.54) is 0 Å². The molecule has 0 N–H and O–H groups in total. The Balaban J connectivity index is 1.91. The van der Waals surface area contributed by atoms with E-state index in [9.17, 15) is 0 Å². The molecule has 0 aliphatic rings. The van der Waals surface area contributed by atoms with Crippen LogP contribution in [0.1, 0.15) is 0 Å². The number of aryl methyl sites for hydroxylation is 1. The summed E-state index contributed by atoms with van der Waals surface area (Å²) in [5, 5.41) is 0. The van der Waals surface area contributed by atoms with Crippen LogP contribution in [0.5, 0.6) is 5.75 Å². The van der Waals surface area contributed by atoms with Gasteiger partial charge in [-0.1, -0.05) is 42.5 Å². The van der Waals surface area contributed by atoms with Crippen molar-refractivity contribution in [2.75, 3.05) is 27.2 Å². The van der Waals surface area contributed by atoms with Crippen LogP contribution >= 0.6 is 0 Å². The molecular weight excluding hydrogens is 298 g/mol. The fourth-order valence-electron chi connectivity index (χ4n) is 2.58. The Morgan fingerprint density at radius 2 is 1.71 bits per heavy atom. The van der Waals surface area contributed by atoms with Gasteiger partial charge in [-0.15, -0.1) is 0 Å². The molecular formula is C20H23N3O. The predicted molar refractivity (Wildman–Crippen MR) is 98.1 cm³/mol. The summed E-state index contributed by atoms with van der Waals surface area (Å²) in [6.07, 6.45) is 2.06. The highest BCUT2D eigenvalue weighted by molar-refractivity contribution is 5.69. The van der Waals surface area contributed by atoms with Crippen LogP contribution in [0.3, 0.4) is 0 Å². The number of hydrogen-bond acceptors (Lipinski definition) is 3. The molecule has 0 saturated heterocycles. The molecule has 0 aliphatic carbocycles. The Labute approximate surface area is 143 Å². The lowest BCUT2D eigenvalue weighted by Crippen LogP contribution is -2.19. The molecule has 24 heavy (non-hydrogen) atoms. The molecule has 0 unspecified atom stereocenters. The first kappa shape index (κ1) is 16.3. The maximum atomic E-state index is 5.98. The van der Waals surface area contributed by atoms with Crippen molar-refractivity contribution in [1.82, 2.24) is 14.5 Å². The smallest absolute Gasteiger partial charge is 0.144 e. The first-order valence-electron chi connectivity index (χ1n) is 8.11. The lowest BCUT2D eigenvalue weighted by Gasteiger charge is -2.13. The third kappa shape index (κ3) is 3.66. The second kappa shape index (κ2) is 7.32. The number of imidazole rings is 1. The summed E-state index contributed by atoms with van der Waals surface area (Å²) in [5.74, 6) is 1.78. The summed E-state index contributed by atoms with van der Waals surface area (Å²) in [5.41, 5.74) is 3.10. The largest absolute Gasteiger partial charge is 0.491 e. The van der Waals surface area contributed by atoms with E-state index >= 15 is 0 Å². The van der Waals surface area contributed by atoms with Gasteiger partial charge in [0.05, 0.1) is 11.3 Å². The van der Waals surface area contributed by atoms with E-state index in [1.807, 2.05) is 57.5 Å². The molecule has 0 radical (unpaired) electrons. The van der Waals surface area contributed by atoms with E-state index in [1.54, 1.807) is 0 Å². The fourth-order valence-corrected chi connectivity index (χ4v) is 2.58.